The molecule has 28 heavy (non-hydrogen) atoms. The second-order valence-corrected chi connectivity index (χ2v) is 8.37. The number of halogens is 1. The van der Waals surface area contributed by atoms with Gasteiger partial charge < -0.3 is 15.4 Å². The van der Waals surface area contributed by atoms with Crippen LogP contribution >= 0.6 is 22.6 Å². The van der Waals surface area contributed by atoms with Crippen LogP contribution < -0.4 is 15.4 Å². The topological polar surface area (TPSA) is 67.4 Å². The highest BCUT2D eigenvalue weighted by molar-refractivity contribution is 14.1. The predicted octanol–water partition coefficient (Wildman–Crippen LogP) is 4.68. The van der Waals surface area contributed by atoms with Crippen LogP contribution in [0.25, 0.3) is 0 Å². The summed E-state index contributed by atoms with van der Waals surface area (Å²) in [6.45, 7) is 1.82. The summed E-state index contributed by atoms with van der Waals surface area (Å²) >= 11 is 2.22. The fraction of sp³-hybridized carbons (Fsp3) is 0.364. The number of amides is 2. The van der Waals surface area contributed by atoms with Gasteiger partial charge in [-0.25, -0.2) is 0 Å². The van der Waals surface area contributed by atoms with E-state index in [2.05, 4.69) is 33.2 Å². The first kappa shape index (κ1) is 20.6. The molecular weight excluding hydrogens is 467 g/mol. The van der Waals surface area contributed by atoms with Crippen LogP contribution in [0, 0.1) is 10.5 Å². The molecule has 0 radical (unpaired) electrons. The number of carbonyl (C=O) groups is 2. The van der Waals surface area contributed by atoms with Crippen LogP contribution in [-0.4, -0.2) is 24.5 Å². The lowest BCUT2D eigenvalue weighted by Crippen LogP contribution is -2.36. The molecular formula is C22H25IN2O3. The number of hydrogen-bond donors (Lipinski definition) is 2. The summed E-state index contributed by atoms with van der Waals surface area (Å²) in [5.74, 6) is 0.373. The van der Waals surface area contributed by atoms with Crippen LogP contribution in [0.15, 0.2) is 42.5 Å². The van der Waals surface area contributed by atoms with E-state index in [-0.39, 0.29) is 24.5 Å². The van der Waals surface area contributed by atoms with Gasteiger partial charge in [0.1, 0.15) is 5.75 Å². The molecule has 0 unspecified atom stereocenters. The Balaban J connectivity index is 1.53. The number of aryl methyl sites for hydroxylation is 1. The predicted molar refractivity (Wildman–Crippen MR) is 119 cm³/mol. The molecule has 1 saturated carbocycles. The van der Waals surface area contributed by atoms with Crippen LogP contribution in [-0.2, 0) is 4.79 Å². The molecule has 2 amide bonds. The van der Waals surface area contributed by atoms with E-state index in [1.54, 1.807) is 12.1 Å². The van der Waals surface area contributed by atoms with Gasteiger partial charge in [-0.3, -0.25) is 9.59 Å². The maximum Gasteiger partial charge on any atom is 0.262 e. The zero-order valence-electron chi connectivity index (χ0n) is 16.0. The molecule has 5 nitrogen and oxygen atoms in total. The maximum absolute atomic E-state index is 12.5. The van der Waals surface area contributed by atoms with Gasteiger partial charge in [0.2, 0.25) is 0 Å². The van der Waals surface area contributed by atoms with Crippen molar-refractivity contribution in [2.24, 2.45) is 0 Å². The molecule has 0 bridgehead atoms. The third kappa shape index (κ3) is 5.95. The molecule has 2 aromatic rings. The molecule has 2 N–H and O–H groups in total. The average Bonchev–Trinajstić information content (AvgIpc) is 2.70. The van der Waals surface area contributed by atoms with Crippen LogP contribution in [0.3, 0.4) is 0 Å². The monoisotopic (exact) mass is 492 g/mol. The Morgan fingerprint density at radius 1 is 1.07 bits per heavy atom. The number of nitrogens with one attached hydrogen (secondary N) is 2. The smallest absolute Gasteiger partial charge is 0.262 e. The molecule has 3 rings (SSSR count). The number of ether oxygens (including phenoxy) is 1. The van der Waals surface area contributed by atoms with Crippen LogP contribution in [0.1, 0.15) is 48.0 Å². The number of carbonyl (C=O) groups excluding carboxylic acids is 2. The van der Waals surface area contributed by atoms with Crippen LogP contribution in [0.5, 0.6) is 5.75 Å². The standard InChI is InChI=1S/C22H25IN2O3/c1-15-13-16(22(27)24-18-5-3-2-4-6-18)7-12-20(15)25-21(26)14-28-19-10-8-17(23)9-11-19/h7-13,18H,2-6,14H2,1H3,(H,24,27)(H,25,26). The zero-order valence-corrected chi connectivity index (χ0v) is 18.1. The molecule has 6 heteroatoms. The summed E-state index contributed by atoms with van der Waals surface area (Å²) in [4.78, 5) is 24.6. The molecule has 1 aliphatic carbocycles. The van der Waals surface area contributed by atoms with Gasteiger partial charge in [-0.1, -0.05) is 19.3 Å². The number of rotatable bonds is 6. The first-order valence-corrected chi connectivity index (χ1v) is 10.7. The maximum atomic E-state index is 12.5. The Morgan fingerprint density at radius 2 is 1.79 bits per heavy atom. The second kappa shape index (κ2) is 9.91. The zero-order chi connectivity index (χ0) is 19.9. The summed E-state index contributed by atoms with van der Waals surface area (Å²) in [6.07, 6.45) is 5.73. The molecule has 0 aliphatic heterocycles. The number of hydrogen-bond acceptors (Lipinski definition) is 3. The Hall–Kier alpha value is -2.09. The van der Waals surface area contributed by atoms with E-state index in [1.165, 1.54) is 19.3 Å². The summed E-state index contributed by atoms with van der Waals surface area (Å²) in [5.41, 5.74) is 2.15. The van der Waals surface area contributed by atoms with Crippen molar-refractivity contribution >= 4 is 40.1 Å². The molecule has 0 aromatic heterocycles. The molecule has 0 saturated heterocycles. The van der Waals surface area contributed by atoms with Gasteiger partial charge in [0.05, 0.1) is 0 Å². The van der Waals surface area contributed by atoms with Crippen LogP contribution in [0.2, 0.25) is 0 Å². The number of anilines is 1. The van der Waals surface area contributed by atoms with E-state index in [0.717, 1.165) is 22.0 Å². The highest BCUT2D eigenvalue weighted by Gasteiger charge is 2.17. The fourth-order valence-corrected chi connectivity index (χ4v) is 3.69. The molecule has 2 aromatic carbocycles. The van der Waals surface area contributed by atoms with Crippen molar-refractivity contribution in [3.63, 3.8) is 0 Å². The van der Waals surface area contributed by atoms with Crippen molar-refractivity contribution in [2.45, 2.75) is 45.1 Å². The fourth-order valence-electron chi connectivity index (χ4n) is 3.33. The summed E-state index contributed by atoms with van der Waals surface area (Å²) in [5, 5.41) is 5.96. The largest absolute Gasteiger partial charge is 0.484 e. The lowest BCUT2D eigenvalue weighted by molar-refractivity contribution is -0.118. The third-order valence-corrected chi connectivity index (χ3v) is 5.61. The minimum atomic E-state index is -0.235. The Kier molecular flexibility index (Phi) is 7.30. The van der Waals surface area contributed by atoms with E-state index in [9.17, 15) is 9.59 Å². The second-order valence-electron chi connectivity index (χ2n) is 7.13. The van der Waals surface area contributed by atoms with Crippen LogP contribution in [0.4, 0.5) is 5.69 Å². The van der Waals surface area contributed by atoms with E-state index in [1.807, 2.05) is 37.3 Å². The first-order valence-electron chi connectivity index (χ1n) is 9.61. The first-order chi connectivity index (χ1) is 13.5. The van der Waals surface area contributed by atoms with Gasteiger partial charge in [0.25, 0.3) is 11.8 Å². The average molecular weight is 492 g/mol. The van der Waals surface area contributed by atoms with Crippen molar-refractivity contribution in [3.8, 4) is 5.75 Å². The quantitative estimate of drug-likeness (QED) is 0.576. The van der Waals surface area contributed by atoms with Crippen molar-refractivity contribution in [2.75, 3.05) is 11.9 Å². The van der Waals surface area contributed by atoms with Crippen molar-refractivity contribution in [3.05, 3.63) is 57.2 Å². The van der Waals surface area contributed by atoms with E-state index in [4.69, 9.17) is 4.74 Å². The molecule has 0 heterocycles. The third-order valence-electron chi connectivity index (χ3n) is 4.89. The van der Waals surface area contributed by atoms with E-state index in [0.29, 0.717) is 17.0 Å². The lowest BCUT2D eigenvalue weighted by atomic mass is 9.95. The molecule has 1 fully saturated rings. The van der Waals surface area contributed by atoms with E-state index < -0.39 is 0 Å². The minimum absolute atomic E-state index is 0.0464. The van der Waals surface area contributed by atoms with Crippen molar-refractivity contribution in [1.29, 1.82) is 0 Å². The Morgan fingerprint density at radius 3 is 2.46 bits per heavy atom. The summed E-state index contributed by atoms with van der Waals surface area (Å²) < 4.78 is 6.61. The van der Waals surface area contributed by atoms with Gasteiger partial charge in [-0.05, 0) is 90.4 Å². The Labute approximate surface area is 179 Å². The van der Waals surface area contributed by atoms with Gasteiger partial charge in [-0.2, -0.15) is 0 Å². The van der Waals surface area contributed by atoms with Crippen molar-refractivity contribution < 1.29 is 14.3 Å². The van der Waals surface area contributed by atoms with Gasteiger partial charge >= 0.3 is 0 Å². The molecule has 148 valence electrons. The van der Waals surface area contributed by atoms with Gasteiger partial charge in [-0.15, -0.1) is 0 Å². The Bertz CT molecular complexity index is 830. The SMILES string of the molecule is Cc1cc(C(=O)NC2CCCCC2)ccc1NC(=O)COc1ccc(I)cc1. The highest BCUT2D eigenvalue weighted by Crippen LogP contribution is 2.20. The normalized spacial score (nSPS) is 14.4. The molecule has 0 spiro atoms. The minimum Gasteiger partial charge on any atom is -0.484 e. The van der Waals surface area contributed by atoms with Gasteiger partial charge in [0, 0.05) is 20.9 Å². The molecule has 0 atom stereocenters. The van der Waals surface area contributed by atoms with Gasteiger partial charge in [0.15, 0.2) is 6.61 Å². The van der Waals surface area contributed by atoms with Crippen molar-refractivity contribution in [1.82, 2.24) is 5.32 Å². The highest BCUT2D eigenvalue weighted by atomic mass is 127. The summed E-state index contributed by atoms with van der Waals surface area (Å²) in [6, 6.07) is 13.1. The lowest BCUT2D eigenvalue weighted by Gasteiger charge is -2.23. The molecule has 1 aliphatic rings. The summed E-state index contributed by atoms with van der Waals surface area (Å²) in [7, 11) is 0. The van der Waals surface area contributed by atoms with E-state index >= 15 is 0 Å². The number of benzene rings is 2.